The molecule has 2 saturated carbocycles. The van der Waals surface area contributed by atoms with Crippen molar-refractivity contribution >= 4 is 34.9 Å². The Morgan fingerprint density at radius 3 is 2.75 bits per heavy atom. The fourth-order valence-electron chi connectivity index (χ4n) is 3.96. The Labute approximate surface area is 128 Å². The van der Waals surface area contributed by atoms with Crippen molar-refractivity contribution in [3.05, 3.63) is 28.9 Å². The van der Waals surface area contributed by atoms with E-state index in [1.165, 1.54) is 0 Å². The van der Waals surface area contributed by atoms with Crippen LogP contribution in [0.15, 0.2) is 18.3 Å². The molecule has 20 heavy (non-hydrogen) atoms. The van der Waals surface area contributed by atoms with Crippen LogP contribution in [0.5, 0.6) is 0 Å². The summed E-state index contributed by atoms with van der Waals surface area (Å²) >= 11 is 6.15. The van der Waals surface area contributed by atoms with Gasteiger partial charge in [0, 0.05) is 10.4 Å². The monoisotopic (exact) mass is 313 g/mol. The van der Waals surface area contributed by atoms with Gasteiger partial charge in [0.1, 0.15) is 0 Å². The lowest BCUT2D eigenvalue weighted by Gasteiger charge is -2.27. The van der Waals surface area contributed by atoms with E-state index in [-0.39, 0.29) is 12.4 Å². The molecule has 0 spiro atoms. The molecule has 4 N–H and O–H groups in total. The summed E-state index contributed by atoms with van der Waals surface area (Å²) in [6.07, 6.45) is 3.35. The summed E-state index contributed by atoms with van der Waals surface area (Å²) in [5.41, 5.74) is 6.75. The molecule has 0 amide bonds. The molecule has 0 radical (unpaired) electrons. The van der Waals surface area contributed by atoms with Gasteiger partial charge in [0.15, 0.2) is 0 Å². The van der Waals surface area contributed by atoms with Crippen LogP contribution in [0, 0.1) is 17.8 Å². The second-order valence-corrected chi connectivity index (χ2v) is 6.39. The second kappa shape index (κ2) is 4.60. The zero-order valence-electron chi connectivity index (χ0n) is 10.8. The maximum Gasteiger partial charge on any atom is 0.0909 e. The Kier molecular flexibility index (Phi) is 3.25. The molecule has 2 fully saturated rings. The van der Waals surface area contributed by atoms with E-state index in [1.54, 1.807) is 6.20 Å². The number of rotatable bonds is 2. The number of hydrogen-bond donors (Lipinski definition) is 3. The third kappa shape index (κ3) is 1.86. The van der Waals surface area contributed by atoms with Crippen LogP contribution in [-0.4, -0.2) is 21.8 Å². The van der Waals surface area contributed by atoms with Gasteiger partial charge in [0.05, 0.1) is 17.3 Å². The van der Waals surface area contributed by atoms with Crippen molar-refractivity contribution in [2.75, 3.05) is 6.54 Å². The first-order chi connectivity index (χ1) is 9.12. The molecule has 4 nitrogen and oxygen atoms in total. The molecule has 108 valence electrons. The van der Waals surface area contributed by atoms with E-state index in [4.69, 9.17) is 17.3 Å². The van der Waals surface area contributed by atoms with E-state index in [2.05, 4.69) is 10.2 Å². The largest absolute Gasteiger partial charge is 0.385 e. The minimum atomic E-state index is -0.770. The predicted octanol–water partition coefficient (Wildman–Crippen LogP) is 2.44. The van der Waals surface area contributed by atoms with Crippen LogP contribution in [0.25, 0.3) is 10.9 Å². The number of aromatic nitrogens is 2. The fraction of sp³-hybridized carbons (Fsp3) is 0.500. The Bertz CT molecular complexity index is 645. The first kappa shape index (κ1) is 14.1. The number of fused-ring (bicyclic) bond motifs is 2. The SMILES string of the molecule is Cl.NC[C@H]1[C@H]2C[C@@](O)(c3cc(Cl)cc4[nH]ncc34)C[C@@H]12. The van der Waals surface area contributed by atoms with Crippen molar-refractivity contribution in [3.8, 4) is 0 Å². The summed E-state index contributed by atoms with van der Waals surface area (Å²) in [4.78, 5) is 0. The van der Waals surface area contributed by atoms with Gasteiger partial charge in [-0.3, -0.25) is 5.10 Å². The molecular formula is C14H17Cl2N3O. The van der Waals surface area contributed by atoms with E-state index < -0.39 is 5.60 Å². The van der Waals surface area contributed by atoms with E-state index in [9.17, 15) is 5.11 Å². The van der Waals surface area contributed by atoms with Crippen molar-refractivity contribution in [2.24, 2.45) is 23.5 Å². The minimum absolute atomic E-state index is 0. The summed E-state index contributed by atoms with van der Waals surface area (Å²) in [5.74, 6) is 1.77. The molecular weight excluding hydrogens is 297 g/mol. The Hall–Kier alpha value is -0.810. The van der Waals surface area contributed by atoms with Crippen molar-refractivity contribution in [3.63, 3.8) is 0 Å². The number of benzene rings is 1. The van der Waals surface area contributed by atoms with Gasteiger partial charge < -0.3 is 10.8 Å². The van der Waals surface area contributed by atoms with Crippen molar-refractivity contribution in [1.82, 2.24) is 10.2 Å². The summed E-state index contributed by atoms with van der Waals surface area (Å²) in [6.45, 7) is 0.738. The lowest BCUT2D eigenvalue weighted by Crippen LogP contribution is -2.26. The van der Waals surface area contributed by atoms with E-state index in [1.807, 2.05) is 12.1 Å². The van der Waals surface area contributed by atoms with Gasteiger partial charge in [0.25, 0.3) is 0 Å². The van der Waals surface area contributed by atoms with Crippen LogP contribution in [0.1, 0.15) is 18.4 Å². The molecule has 2 aliphatic rings. The molecule has 0 unspecified atom stereocenters. The smallest absolute Gasteiger partial charge is 0.0909 e. The number of nitrogens with two attached hydrogens (primary N) is 1. The van der Waals surface area contributed by atoms with Crippen LogP contribution in [0.4, 0.5) is 0 Å². The summed E-state index contributed by atoms with van der Waals surface area (Å²) in [7, 11) is 0. The first-order valence-electron chi connectivity index (χ1n) is 6.68. The molecule has 4 rings (SSSR count). The third-order valence-electron chi connectivity index (χ3n) is 4.95. The van der Waals surface area contributed by atoms with Gasteiger partial charge >= 0.3 is 0 Å². The molecule has 2 aliphatic carbocycles. The average molecular weight is 314 g/mol. The molecule has 6 heteroatoms. The molecule has 0 aliphatic heterocycles. The fourth-order valence-corrected chi connectivity index (χ4v) is 4.18. The second-order valence-electron chi connectivity index (χ2n) is 5.95. The Morgan fingerprint density at radius 2 is 2.10 bits per heavy atom. The highest BCUT2D eigenvalue weighted by Crippen LogP contribution is 2.63. The van der Waals surface area contributed by atoms with Crippen LogP contribution in [0.3, 0.4) is 0 Å². The molecule has 0 bridgehead atoms. The Balaban J connectivity index is 0.00000121. The van der Waals surface area contributed by atoms with Gasteiger partial charge in [-0.25, -0.2) is 0 Å². The van der Waals surface area contributed by atoms with Crippen LogP contribution in [0.2, 0.25) is 5.02 Å². The van der Waals surface area contributed by atoms with Crippen molar-refractivity contribution < 1.29 is 5.11 Å². The maximum absolute atomic E-state index is 11.0. The standard InChI is InChI=1S/C14H16ClN3O.ClH/c15-7-1-12(11-6-17-18-13(11)2-7)14(19)3-8-9(4-14)10(8)5-16;/h1-2,6,8-10,19H,3-5,16H2,(H,17,18);1H/t8-,9+,10-,14-;. The lowest BCUT2D eigenvalue weighted by molar-refractivity contribution is 0.0279. The van der Waals surface area contributed by atoms with Crippen LogP contribution >= 0.6 is 24.0 Å². The van der Waals surface area contributed by atoms with E-state index in [0.29, 0.717) is 22.8 Å². The molecule has 2 aromatic rings. The van der Waals surface area contributed by atoms with Crippen molar-refractivity contribution in [2.45, 2.75) is 18.4 Å². The quantitative estimate of drug-likeness (QED) is 0.797. The molecule has 1 aromatic carbocycles. The summed E-state index contributed by atoms with van der Waals surface area (Å²) < 4.78 is 0. The number of nitrogens with zero attached hydrogens (tertiary/aromatic N) is 1. The maximum atomic E-state index is 11.0. The topological polar surface area (TPSA) is 74.9 Å². The van der Waals surface area contributed by atoms with Crippen LogP contribution in [-0.2, 0) is 5.60 Å². The summed E-state index contributed by atoms with van der Waals surface area (Å²) in [6, 6.07) is 3.72. The van der Waals surface area contributed by atoms with Gasteiger partial charge in [-0.1, -0.05) is 11.6 Å². The van der Waals surface area contributed by atoms with Crippen LogP contribution < -0.4 is 5.73 Å². The molecule has 4 atom stereocenters. The highest BCUT2D eigenvalue weighted by molar-refractivity contribution is 6.31. The lowest BCUT2D eigenvalue weighted by atomic mass is 9.85. The van der Waals surface area contributed by atoms with Gasteiger partial charge in [0.2, 0.25) is 0 Å². The number of aliphatic hydroxyl groups is 1. The Morgan fingerprint density at radius 1 is 1.40 bits per heavy atom. The number of H-pyrrole nitrogens is 1. The third-order valence-corrected chi connectivity index (χ3v) is 5.17. The average Bonchev–Trinajstić information content (AvgIpc) is 2.78. The zero-order valence-corrected chi connectivity index (χ0v) is 12.4. The number of halogens is 2. The molecule has 1 heterocycles. The van der Waals surface area contributed by atoms with Gasteiger partial charge in [-0.15, -0.1) is 12.4 Å². The number of aromatic amines is 1. The van der Waals surface area contributed by atoms with Gasteiger partial charge in [-0.2, -0.15) is 5.10 Å². The number of hydrogen-bond acceptors (Lipinski definition) is 3. The first-order valence-corrected chi connectivity index (χ1v) is 7.06. The number of nitrogens with one attached hydrogen (secondary N) is 1. The van der Waals surface area contributed by atoms with E-state index >= 15 is 0 Å². The summed E-state index contributed by atoms with van der Waals surface area (Å²) in [5, 5.41) is 19.6. The molecule has 0 saturated heterocycles. The highest BCUT2D eigenvalue weighted by atomic mass is 35.5. The molecule has 1 aromatic heterocycles. The zero-order chi connectivity index (χ0) is 13.2. The van der Waals surface area contributed by atoms with Crippen molar-refractivity contribution in [1.29, 1.82) is 0 Å². The van der Waals surface area contributed by atoms with Gasteiger partial charge in [-0.05, 0) is 54.8 Å². The minimum Gasteiger partial charge on any atom is -0.385 e. The highest BCUT2D eigenvalue weighted by Gasteiger charge is 2.60. The normalized spacial score (nSPS) is 34.9. The van der Waals surface area contributed by atoms with E-state index in [0.717, 1.165) is 35.9 Å². The predicted molar refractivity (Wildman–Crippen MR) is 81.0 cm³/mol.